The van der Waals surface area contributed by atoms with Gasteiger partial charge in [0.2, 0.25) is 5.91 Å². The Balaban J connectivity index is 2.11. The highest BCUT2D eigenvalue weighted by molar-refractivity contribution is 5.78. The molecule has 0 unspecified atom stereocenters. The van der Waals surface area contributed by atoms with Crippen LogP contribution in [0.25, 0.3) is 0 Å². The molecule has 0 saturated heterocycles. The van der Waals surface area contributed by atoms with Gasteiger partial charge >= 0.3 is 6.09 Å². The van der Waals surface area contributed by atoms with Gasteiger partial charge in [-0.15, -0.1) is 0 Å². The zero-order chi connectivity index (χ0) is 16.8. The first-order valence-corrected chi connectivity index (χ1v) is 8.23. The summed E-state index contributed by atoms with van der Waals surface area (Å²) in [6.45, 7) is 12.1. The molecule has 6 heteroatoms. The van der Waals surface area contributed by atoms with Crippen molar-refractivity contribution in [3.63, 3.8) is 0 Å². The average molecular weight is 313 g/mol. The first-order valence-electron chi connectivity index (χ1n) is 8.23. The van der Waals surface area contributed by atoms with Crippen LogP contribution in [0, 0.1) is 5.92 Å². The third-order valence-corrected chi connectivity index (χ3v) is 3.83. The summed E-state index contributed by atoms with van der Waals surface area (Å²) in [4.78, 5) is 25.2. The number of rotatable bonds is 7. The van der Waals surface area contributed by atoms with Crippen molar-refractivity contribution in [1.29, 1.82) is 0 Å². The highest BCUT2D eigenvalue weighted by atomic mass is 16.6. The van der Waals surface area contributed by atoms with Crippen LogP contribution in [-0.2, 0) is 9.53 Å². The van der Waals surface area contributed by atoms with Gasteiger partial charge in [-0.25, -0.2) is 4.79 Å². The lowest BCUT2D eigenvalue weighted by atomic mass is 9.80. The van der Waals surface area contributed by atoms with Crippen molar-refractivity contribution in [3.8, 4) is 0 Å². The second-order valence-corrected chi connectivity index (χ2v) is 6.86. The van der Waals surface area contributed by atoms with E-state index in [2.05, 4.69) is 10.6 Å². The number of ether oxygens (including phenoxy) is 1. The molecule has 0 radical (unpaired) electrons. The third-order valence-electron chi connectivity index (χ3n) is 3.83. The van der Waals surface area contributed by atoms with Gasteiger partial charge in [-0.05, 0) is 53.4 Å². The normalized spacial score (nSPS) is 21.0. The summed E-state index contributed by atoms with van der Waals surface area (Å²) in [6, 6.07) is 0.380. The summed E-state index contributed by atoms with van der Waals surface area (Å²) >= 11 is 0. The smallest absolute Gasteiger partial charge is 0.407 e. The molecule has 0 aromatic carbocycles. The first-order chi connectivity index (χ1) is 10.2. The predicted molar refractivity (Wildman–Crippen MR) is 86.7 cm³/mol. The summed E-state index contributed by atoms with van der Waals surface area (Å²) < 4.78 is 5.20. The van der Waals surface area contributed by atoms with Crippen molar-refractivity contribution < 1.29 is 14.3 Å². The molecule has 0 bridgehead atoms. The SMILES string of the molecule is CCN(CC)C(=O)CNC1CC(CNC(=O)OC(C)(C)C)C1. The number of likely N-dealkylation sites (N-methyl/N-ethyl adjacent to an activating group) is 1. The van der Waals surface area contributed by atoms with Crippen LogP contribution in [0.3, 0.4) is 0 Å². The molecule has 1 saturated carbocycles. The molecule has 0 atom stereocenters. The molecule has 22 heavy (non-hydrogen) atoms. The summed E-state index contributed by atoms with van der Waals surface area (Å²) in [5.41, 5.74) is -0.460. The van der Waals surface area contributed by atoms with Gasteiger partial charge in [-0.1, -0.05) is 0 Å². The molecule has 2 N–H and O–H groups in total. The fraction of sp³-hybridized carbons (Fsp3) is 0.875. The van der Waals surface area contributed by atoms with Crippen molar-refractivity contribution in [2.24, 2.45) is 5.92 Å². The van der Waals surface area contributed by atoms with E-state index in [-0.39, 0.29) is 12.0 Å². The zero-order valence-corrected chi connectivity index (χ0v) is 14.6. The van der Waals surface area contributed by atoms with Crippen molar-refractivity contribution in [1.82, 2.24) is 15.5 Å². The number of carbonyl (C=O) groups is 2. The van der Waals surface area contributed by atoms with Gasteiger partial charge < -0.3 is 20.3 Å². The minimum atomic E-state index is -0.460. The van der Waals surface area contributed by atoms with E-state index in [0.717, 1.165) is 25.9 Å². The second-order valence-electron chi connectivity index (χ2n) is 6.86. The zero-order valence-electron chi connectivity index (χ0n) is 14.6. The van der Waals surface area contributed by atoms with Gasteiger partial charge in [0.15, 0.2) is 0 Å². The topological polar surface area (TPSA) is 70.7 Å². The Labute approximate surface area is 134 Å². The van der Waals surface area contributed by atoms with E-state index < -0.39 is 5.60 Å². The highest BCUT2D eigenvalue weighted by Gasteiger charge is 2.30. The third kappa shape index (κ3) is 6.64. The lowest BCUT2D eigenvalue weighted by Gasteiger charge is -2.36. The minimum Gasteiger partial charge on any atom is -0.444 e. The van der Waals surface area contributed by atoms with Crippen LogP contribution >= 0.6 is 0 Å². The van der Waals surface area contributed by atoms with Gasteiger partial charge in [-0.3, -0.25) is 4.79 Å². The van der Waals surface area contributed by atoms with Gasteiger partial charge in [0, 0.05) is 25.7 Å². The van der Waals surface area contributed by atoms with Crippen molar-refractivity contribution in [3.05, 3.63) is 0 Å². The predicted octanol–water partition coefficient (Wildman–Crippen LogP) is 1.75. The molecule has 2 amide bonds. The molecule has 6 nitrogen and oxygen atoms in total. The quantitative estimate of drug-likeness (QED) is 0.751. The Morgan fingerprint density at radius 3 is 2.27 bits per heavy atom. The van der Waals surface area contributed by atoms with Crippen molar-refractivity contribution in [2.45, 2.75) is 59.1 Å². The molecule has 0 spiro atoms. The van der Waals surface area contributed by atoms with Crippen molar-refractivity contribution >= 4 is 12.0 Å². The molecule has 1 rings (SSSR count). The standard InChI is InChI=1S/C16H31N3O3/c1-6-19(7-2)14(20)11-17-13-8-12(9-13)10-18-15(21)22-16(3,4)5/h12-13,17H,6-11H2,1-5H3,(H,18,21). The van der Waals surface area contributed by atoms with E-state index >= 15 is 0 Å². The molecule has 128 valence electrons. The van der Waals surface area contributed by atoms with Gasteiger partial charge in [0.25, 0.3) is 0 Å². The molecular weight excluding hydrogens is 282 g/mol. The maximum Gasteiger partial charge on any atom is 0.407 e. The molecular formula is C16H31N3O3. The maximum atomic E-state index is 11.9. The fourth-order valence-corrected chi connectivity index (χ4v) is 2.53. The van der Waals surface area contributed by atoms with E-state index in [0.29, 0.717) is 25.0 Å². The van der Waals surface area contributed by atoms with Crippen LogP contribution in [0.1, 0.15) is 47.5 Å². The minimum absolute atomic E-state index is 0.153. The van der Waals surface area contributed by atoms with Crippen LogP contribution < -0.4 is 10.6 Å². The molecule has 1 aliphatic rings. The van der Waals surface area contributed by atoms with Gasteiger partial charge in [0.1, 0.15) is 5.60 Å². The van der Waals surface area contributed by atoms with E-state index in [1.807, 2.05) is 39.5 Å². The Hall–Kier alpha value is -1.30. The second kappa shape index (κ2) is 8.36. The Morgan fingerprint density at radius 1 is 1.18 bits per heavy atom. The molecule has 0 aromatic rings. The first kappa shape index (κ1) is 18.7. The monoisotopic (exact) mass is 313 g/mol. The summed E-state index contributed by atoms with van der Waals surface area (Å²) in [5, 5.41) is 6.09. The average Bonchev–Trinajstić information content (AvgIpc) is 2.35. The molecule has 0 aliphatic heterocycles. The van der Waals surface area contributed by atoms with E-state index in [1.54, 1.807) is 0 Å². The largest absolute Gasteiger partial charge is 0.444 e. The van der Waals surface area contributed by atoms with Crippen LogP contribution in [0.2, 0.25) is 0 Å². The number of nitrogens with one attached hydrogen (secondary N) is 2. The number of amides is 2. The summed E-state index contributed by atoms with van der Waals surface area (Å²) in [6.07, 6.45) is 1.61. The van der Waals surface area contributed by atoms with Crippen LogP contribution in [0.15, 0.2) is 0 Å². The number of hydrogen-bond donors (Lipinski definition) is 2. The van der Waals surface area contributed by atoms with E-state index in [4.69, 9.17) is 4.74 Å². The van der Waals surface area contributed by atoms with E-state index in [1.165, 1.54) is 0 Å². The molecule has 0 heterocycles. The molecule has 0 aromatic heterocycles. The summed E-state index contributed by atoms with van der Waals surface area (Å²) in [7, 11) is 0. The fourth-order valence-electron chi connectivity index (χ4n) is 2.53. The van der Waals surface area contributed by atoms with Gasteiger partial charge in [-0.2, -0.15) is 0 Å². The number of hydrogen-bond acceptors (Lipinski definition) is 4. The van der Waals surface area contributed by atoms with Crippen LogP contribution in [-0.4, -0.2) is 54.7 Å². The van der Waals surface area contributed by atoms with Crippen LogP contribution in [0.5, 0.6) is 0 Å². The van der Waals surface area contributed by atoms with Gasteiger partial charge in [0.05, 0.1) is 6.54 Å². The van der Waals surface area contributed by atoms with E-state index in [9.17, 15) is 9.59 Å². The highest BCUT2D eigenvalue weighted by Crippen LogP contribution is 2.26. The Bertz CT molecular complexity index is 369. The Kier molecular flexibility index (Phi) is 7.13. The number of carbonyl (C=O) groups excluding carboxylic acids is 2. The van der Waals surface area contributed by atoms with Crippen molar-refractivity contribution in [2.75, 3.05) is 26.2 Å². The number of alkyl carbamates (subject to hydrolysis) is 1. The molecule has 1 fully saturated rings. The Morgan fingerprint density at radius 2 is 1.77 bits per heavy atom. The maximum absolute atomic E-state index is 11.9. The number of nitrogens with zero attached hydrogens (tertiary/aromatic N) is 1. The lowest BCUT2D eigenvalue weighted by Crippen LogP contribution is -2.49. The van der Waals surface area contributed by atoms with Crippen LogP contribution in [0.4, 0.5) is 4.79 Å². The lowest BCUT2D eigenvalue weighted by molar-refractivity contribution is -0.130. The molecule has 1 aliphatic carbocycles. The summed E-state index contributed by atoms with van der Waals surface area (Å²) in [5.74, 6) is 0.619.